The van der Waals surface area contributed by atoms with E-state index in [1.807, 2.05) is 85.9 Å². The van der Waals surface area contributed by atoms with Gasteiger partial charge in [0.05, 0.1) is 17.4 Å². The van der Waals surface area contributed by atoms with Crippen LogP contribution in [0.4, 0.5) is 5.69 Å². The Hall–Kier alpha value is -3.15. The molecule has 0 atom stereocenters. The van der Waals surface area contributed by atoms with Crippen LogP contribution in [0.5, 0.6) is 17.2 Å². The van der Waals surface area contributed by atoms with Crippen molar-refractivity contribution in [2.45, 2.75) is 18.4 Å². The second-order valence-corrected chi connectivity index (χ2v) is 12.3. The number of nitrogens with one attached hydrogen (secondary N) is 2. The van der Waals surface area contributed by atoms with Gasteiger partial charge < -0.3 is 19.5 Å². The summed E-state index contributed by atoms with van der Waals surface area (Å²) < 4.78 is 18.2. The minimum absolute atomic E-state index is 0.160. The highest BCUT2D eigenvalue weighted by molar-refractivity contribution is 9.10. The molecule has 3 aromatic carbocycles. The summed E-state index contributed by atoms with van der Waals surface area (Å²) in [4.78, 5) is 24.6. The highest BCUT2D eigenvalue weighted by atomic mass is 79.9. The maximum atomic E-state index is 12.3. The van der Waals surface area contributed by atoms with Crippen molar-refractivity contribution >= 4 is 63.2 Å². The summed E-state index contributed by atoms with van der Waals surface area (Å²) >= 11 is 7.38. The fraction of sp³-hybridized carbons (Fsp3) is 0.276. The molecule has 0 aliphatic carbocycles. The Labute approximate surface area is 250 Å². The molecule has 1 fully saturated rings. The largest absolute Gasteiger partial charge is 0.490 e. The van der Waals surface area contributed by atoms with E-state index in [1.54, 1.807) is 12.1 Å². The van der Waals surface area contributed by atoms with Gasteiger partial charge >= 0.3 is 0 Å². The maximum Gasteiger partial charge on any atom is 0.277 e. The van der Waals surface area contributed by atoms with Crippen LogP contribution >= 0.6 is 39.5 Å². The number of amides is 2. The maximum absolute atomic E-state index is 12.3. The van der Waals surface area contributed by atoms with Crippen molar-refractivity contribution in [2.24, 2.45) is 5.10 Å². The van der Waals surface area contributed by atoms with E-state index in [1.165, 1.54) is 23.3 Å². The van der Waals surface area contributed by atoms with Crippen molar-refractivity contribution in [1.82, 2.24) is 5.43 Å². The molecule has 1 saturated heterocycles. The summed E-state index contributed by atoms with van der Waals surface area (Å²) in [5.41, 5.74) is 6.18. The fourth-order valence-corrected chi connectivity index (χ4v) is 6.92. The number of ether oxygens (including phenoxy) is 3. The molecule has 4 rings (SSSR count). The summed E-state index contributed by atoms with van der Waals surface area (Å²) in [5, 5.41) is 6.84. The van der Waals surface area contributed by atoms with E-state index in [0.29, 0.717) is 44.2 Å². The van der Waals surface area contributed by atoms with Gasteiger partial charge in [0.2, 0.25) is 0 Å². The summed E-state index contributed by atoms with van der Waals surface area (Å²) in [6.07, 6.45) is 1.49. The van der Waals surface area contributed by atoms with Crippen LogP contribution in [0, 0.1) is 6.92 Å². The number of carbonyl (C=O) groups excluding carboxylic acids is 2. The number of hydrogen-bond acceptors (Lipinski definition) is 8. The molecular formula is C29H30BrN3O5S2. The molecule has 1 aliphatic heterocycles. The number of rotatable bonds is 12. The lowest BCUT2D eigenvalue weighted by Crippen LogP contribution is -2.24. The van der Waals surface area contributed by atoms with Gasteiger partial charge in [0, 0.05) is 27.2 Å². The number of anilines is 1. The molecule has 2 N–H and O–H groups in total. The third-order valence-electron chi connectivity index (χ3n) is 5.59. The van der Waals surface area contributed by atoms with Gasteiger partial charge in [0.25, 0.3) is 11.8 Å². The van der Waals surface area contributed by atoms with E-state index in [4.69, 9.17) is 14.2 Å². The minimum Gasteiger partial charge on any atom is -0.490 e. The Morgan fingerprint density at radius 1 is 0.950 bits per heavy atom. The van der Waals surface area contributed by atoms with E-state index in [2.05, 4.69) is 31.8 Å². The van der Waals surface area contributed by atoms with Gasteiger partial charge in [-0.15, -0.1) is 23.5 Å². The summed E-state index contributed by atoms with van der Waals surface area (Å²) in [6.45, 7) is 3.88. The van der Waals surface area contributed by atoms with Gasteiger partial charge in [-0.2, -0.15) is 5.10 Å². The van der Waals surface area contributed by atoms with Crippen molar-refractivity contribution < 1.29 is 23.8 Å². The number of nitrogens with zero attached hydrogens (tertiary/aromatic N) is 1. The number of hydrogen-bond donors (Lipinski definition) is 2. The third kappa shape index (κ3) is 8.94. The lowest BCUT2D eigenvalue weighted by Gasteiger charge is -2.14. The molecule has 2 amide bonds. The zero-order valence-electron chi connectivity index (χ0n) is 22.1. The molecule has 0 unspecified atom stereocenters. The monoisotopic (exact) mass is 643 g/mol. The SMILES string of the molecule is CCOc1cc(/C=N\NC(=O)COc2ccc(C3SCCS3)cc2)c(Br)cc1OCC(=O)Nc1ccc(C)cc1. The fourth-order valence-electron chi connectivity index (χ4n) is 3.64. The van der Waals surface area contributed by atoms with Gasteiger partial charge in [-0.05, 0) is 71.7 Å². The minimum atomic E-state index is -0.386. The molecule has 1 aliphatic rings. The molecule has 3 aromatic rings. The van der Waals surface area contributed by atoms with Crippen LogP contribution in [0.3, 0.4) is 0 Å². The van der Waals surface area contributed by atoms with Crippen LogP contribution in [0.25, 0.3) is 0 Å². The molecule has 8 nitrogen and oxygen atoms in total. The average molecular weight is 645 g/mol. The molecule has 1 heterocycles. The van der Waals surface area contributed by atoms with Gasteiger partial charge in [-0.3, -0.25) is 9.59 Å². The first-order valence-corrected chi connectivity index (χ1v) is 15.5. The predicted molar refractivity (Wildman–Crippen MR) is 166 cm³/mol. The Morgan fingerprint density at radius 2 is 1.62 bits per heavy atom. The third-order valence-corrected chi connectivity index (χ3v) is 9.38. The number of thioether (sulfide) groups is 2. The van der Waals surface area contributed by atoms with Gasteiger partial charge in [0.1, 0.15) is 5.75 Å². The highest BCUT2D eigenvalue weighted by Crippen LogP contribution is 2.45. The number of aryl methyl sites for hydroxylation is 1. The number of hydrazone groups is 1. The van der Waals surface area contributed by atoms with E-state index in [0.717, 1.165) is 5.56 Å². The van der Waals surface area contributed by atoms with Crippen molar-refractivity contribution in [3.8, 4) is 17.2 Å². The molecule has 40 heavy (non-hydrogen) atoms. The second-order valence-electron chi connectivity index (χ2n) is 8.68. The normalized spacial score (nSPS) is 13.3. The molecule has 0 radical (unpaired) electrons. The molecule has 210 valence electrons. The first-order valence-electron chi connectivity index (χ1n) is 12.6. The number of carbonyl (C=O) groups is 2. The zero-order valence-corrected chi connectivity index (χ0v) is 25.4. The molecule has 0 spiro atoms. The van der Waals surface area contributed by atoms with Crippen molar-refractivity contribution in [3.05, 3.63) is 81.8 Å². The standard InChI is InChI=1S/C29H30BrN3O5S2/c1-3-36-25-14-21(24(30)15-26(25)38-17-27(34)32-22-8-4-19(2)5-9-22)16-31-33-28(35)18-37-23-10-6-20(7-11-23)29-39-12-13-40-29/h4-11,14-16,29H,3,12-13,17-18H2,1-2H3,(H,32,34)(H,33,35)/b31-16-. The zero-order chi connectivity index (χ0) is 28.3. The van der Waals surface area contributed by atoms with Crippen LogP contribution in [0.2, 0.25) is 0 Å². The van der Waals surface area contributed by atoms with E-state index in [-0.39, 0.29) is 25.0 Å². The van der Waals surface area contributed by atoms with Crippen LogP contribution in [0.15, 0.2) is 70.2 Å². The first kappa shape index (κ1) is 29.8. The average Bonchev–Trinajstić information content (AvgIpc) is 3.49. The highest BCUT2D eigenvalue weighted by Gasteiger charge is 2.18. The van der Waals surface area contributed by atoms with E-state index in [9.17, 15) is 9.59 Å². The lowest BCUT2D eigenvalue weighted by atomic mass is 10.2. The first-order chi connectivity index (χ1) is 19.4. The Kier molecular flexibility index (Phi) is 11.2. The molecular weight excluding hydrogens is 614 g/mol. The quantitative estimate of drug-likeness (QED) is 0.180. The van der Waals surface area contributed by atoms with Crippen LogP contribution in [0.1, 0.15) is 28.2 Å². The summed E-state index contributed by atoms with van der Waals surface area (Å²) in [7, 11) is 0. The van der Waals surface area contributed by atoms with Crippen LogP contribution in [-0.4, -0.2) is 49.4 Å². The summed E-state index contributed by atoms with van der Waals surface area (Å²) in [5.74, 6) is 3.14. The topological polar surface area (TPSA) is 98.2 Å². The molecule has 0 aromatic heterocycles. The predicted octanol–water partition coefficient (Wildman–Crippen LogP) is 6.18. The van der Waals surface area contributed by atoms with Crippen LogP contribution in [-0.2, 0) is 9.59 Å². The molecule has 11 heteroatoms. The Balaban J connectivity index is 1.28. The second kappa shape index (κ2) is 15.0. The number of halogens is 1. The smallest absolute Gasteiger partial charge is 0.277 e. The Morgan fingerprint density at radius 3 is 2.33 bits per heavy atom. The van der Waals surface area contributed by atoms with E-state index >= 15 is 0 Å². The Bertz CT molecular complexity index is 1330. The van der Waals surface area contributed by atoms with Gasteiger partial charge in [-0.25, -0.2) is 5.43 Å². The van der Waals surface area contributed by atoms with Gasteiger partial charge in [-0.1, -0.05) is 29.8 Å². The summed E-state index contributed by atoms with van der Waals surface area (Å²) in [6, 6.07) is 18.8. The van der Waals surface area contributed by atoms with Crippen molar-refractivity contribution in [1.29, 1.82) is 0 Å². The number of benzene rings is 3. The molecule has 0 bridgehead atoms. The molecule has 0 saturated carbocycles. The van der Waals surface area contributed by atoms with Gasteiger partial charge in [0.15, 0.2) is 24.7 Å². The van der Waals surface area contributed by atoms with Crippen molar-refractivity contribution in [2.75, 3.05) is 36.6 Å². The lowest BCUT2D eigenvalue weighted by molar-refractivity contribution is -0.123. The van der Waals surface area contributed by atoms with Crippen LogP contribution < -0.4 is 25.0 Å². The van der Waals surface area contributed by atoms with E-state index < -0.39 is 0 Å². The van der Waals surface area contributed by atoms with Crippen molar-refractivity contribution in [3.63, 3.8) is 0 Å².